The van der Waals surface area contributed by atoms with Gasteiger partial charge in [-0.2, -0.15) is 13.2 Å². The van der Waals surface area contributed by atoms with Crippen molar-refractivity contribution in [3.63, 3.8) is 0 Å². The number of aromatic hydroxyl groups is 1. The van der Waals surface area contributed by atoms with Crippen molar-refractivity contribution in [2.45, 2.75) is 25.6 Å². The van der Waals surface area contributed by atoms with Crippen LogP contribution in [0.25, 0.3) is 11.3 Å². The van der Waals surface area contributed by atoms with Crippen LogP contribution in [0.3, 0.4) is 0 Å². The van der Waals surface area contributed by atoms with E-state index >= 15 is 0 Å². The fraction of sp³-hybridized carbons (Fsp3) is 0.429. The van der Waals surface area contributed by atoms with Crippen molar-refractivity contribution in [1.29, 1.82) is 0 Å². The summed E-state index contributed by atoms with van der Waals surface area (Å²) in [5.74, 6) is -0.762. The molecule has 2 aromatic rings. The molecule has 1 aliphatic rings. The minimum Gasteiger partial charge on any atom is -0.507 e. The summed E-state index contributed by atoms with van der Waals surface area (Å²) >= 11 is 0. The number of halogens is 3. The molecular weight excluding hydrogens is 401 g/mol. The molecule has 1 saturated heterocycles. The standard InChI is InChI=1S/C21H23F3N2O4/c1-20(19(28)30-3)10-11-26(16(20)12-29-2)17-9-5-8-15(25-17)13-6-4-7-14(18(13)27)21(22,23)24/h4-9,16,27H,10-12H2,1-3H3/t16?,20-/m1/s1. The Labute approximate surface area is 172 Å². The van der Waals surface area contributed by atoms with Gasteiger partial charge in [0.25, 0.3) is 0 Å². The van der Waals surface area contributed by atoms with Gasteiger partial charge in [-0.1, -0.05) is 12.1 Å². The summed E-state index contributed by atoms with van der Waals surface area (Å²) in [4.78, 5) is 18.8. The minimum atomic E-state index is -4.68. The number of nitrogens with zero attached hydrogens (tertiary/aromatic N) is 2. The van der Waals surface area contributed by atoms with Gasteiger partial charge in [0.1, 0.15) is 11.6 Å². The number of carbonyl (C=O) groups is 1. The number of phenolic OH excluding ortho intramolecular Hbond substituents is 1. The van der Waals surface area contributed by atoms with Crippen LogP contribution in [0.2, 0.25) is 0 Å². The summed E-state index contributed by atoms with van der Waals surface area (Å²) in [5.41, 5.74) is -1.77. The van der Waals surface area contributed by atoms with E-state index in [1.54, 1.807) is 19.1 Å². The maximum atomic E-state index is 13.2. The minimum absolute atomic E-state index is 0.0232. The fourth-order valence-electron chi connectivity index (χ4n) is 3.91. The molecule has 162 valence electrons. The summed E-state index contributed by atoms with van der Waals surface area (Å²) in [6.45, 7) is 2.53. The van der Waals surface area contributed by atoms with E-state index in [1.807, 2.05) is 4.90 Å². The van der Waals surface area contributed by atoms with E-state index in [2.05, 4.69) is 4.98 Å². The lowest BCUT2D eigenvalue weighted by Crippen LogP contribution is -2.46. The van der Waals surface area contributed by atoms with E-state index in [9.17, 15) is 23.1 Å². The molecule has 0 amide bonds. The van der Waals surface area contributed by atoms with Crippen molar-refractivity contribution in [2.24, 2.45) is 5.41 Å². The van der Waals surface area contributed by atoms with E-state index in [0.717, 1.165) is 6.07 Å². The lowest BCUT2D eigenvalue weighted by Gasteiger charge is -2.33. The Morgan fingerprint density at radius 2 is 1.97 bits per heavy atom. The molecule has 0 bridgehead atoms. The molecule has 0 spiro atoms. The average molecular weight is 424 g/mol. The molecule has 0 saturated carbocycles. The molecule has 0 aliphatic carbocycles. The average Bonchev–Trinajstić information content (AvgIpc) is 3.04. The zero-order valence-corrected chi connectivity index (χ0v) is 16.9. The quantitative estimate of drug-likeness (QED) is 0.735. The molecular formula is C21H23F3N2O4. The number of anilines is 1. The van der Waals surface area contributed by atoms with Crippen LogP contribution in [0.4, 0.5) is 19.0 Å². The number of hydrogen-bond acceptors (Lipinski definition) is 6. The number of esters is 1. The normalized spacial score (nSPS) is 21.7. The molecule has 1 aliphatic heterocycles. The van der Waals surface area contributed by atoms with Gasteiger partial charge in [-0.05, 0) is 37.6 Å². The van der Waals surface area contributed by atoms with Crippen LogP contribution in [0, 0.1) is 5.41 Å². The Kier molecular flexibility index (Phi) is 5.94. The smallest absolute Gasteiger partial charge is 0.419 e. The maximum absolute atomic E-state index is 13.2. The zero-order valence-electron chi connectivity index (χ0n) is 16.9. The van der Waals surface area contributed by atoms with Crippen molar-refractivity contribution in [3.8, 4) is 17.0 Å². The zero-order chi connectivity index (χ0) is 22.1. The number of alkyl halides is 3. The number of aromatic nitrogens is 1. The topological polar surface area (TPSA) is 71.9 Å². The number of ether oxygens (including phenoxy) is 2. The summed E-state index contributed by atoms with van der Waals surface area (Å²) in [6, 6.07) is 7.94. The molecule has 0 radical (unpaired) electrons. The van der Waals surface area contributed by atoms with Gasteiger partial charge in [0, 0.05) is 19.2 Å². The third-order valence-electron chi connectivity index (χ3n) is 5.61. The van der Waals surface area contributed by atoms with Gasteiger partial charge in [-0.15, -0.1) is 0 Å². The van der Waals surface area contributed by atoms with Crippen molar-refractivity contribution >= 4 is 11.8 Å². The molecule has 3 rings (SSSR count). The highest BCUT2D eigenvalue weighted by Crippen LogP contribution is 2.43. The highest BCUT2D eigenvalue weighted by molar-refractivity contribution is 5.79. The van der Waals surface area contributed by atoms with Gasteiger partial charge >= 0.3 is 12.1 Å². The summed E-state index contributed by atoms with van der Waals surface area (Å²) in [6.07, 6.45) is -4.17. The molecule has 6 nitrogen and oxygen atoms in total. The fourth-order valence-corrected chi connectivity index (χ4v) is 3.91. The van der Waals surface area contributed by atoms with Crippen molar-refractivity contribution in [2.75, 3.05) is 32.3 Å². The predicted octanol–water partition coefficient (Wildman–Crippen LogP) is 3.88. The molecule has 2 heterocycles. The molecule has 1 aromatic carbocycles. The van der Waals surface area contributed by atoms with E-state index < -0.39 is 22.9 Å². The van der Waals surface area contributed by atoms with E-state index in [0.29, 0.717) is 18.8 Å². The summed E-state index contributed by atoms with van der Waals surface area (Å²) < 4.78 is 49.7. The molecule has 1 unspecified atom stereocenters. The second-order valence-corrected chi connectivity index (χ2v) is 7.40. The predicted molar refractivity (Wildman–Crippen MR) is 104 cm³/mol. The van der Waals surface area contributed by atoms with E-state index in [1.165, 1.54) is 32.4 Å². The highest BCUT2D eigenvalue weighted by Gasteiger charge is 2.50. The number of benzene rings is 1. The molecule has 1 fully saturated rings. The lowest BCUT2D eigenvalue weighted by atomic mass is 9.82. The number of para-hydroxylation sites is 1. The van der Waals surface area contributed by atoms with Crippen molar-refractivity contribution in [3.05, 3.63) is 42.0 Å². The first-order chi connectivity index (χ1) is 14.1. The van der Waals surface area contributed by atoms with Crippen LogP contribution in [-0.2, 0) is 20.4 Å². The molecule has 1 N–H and O–H groups in total. The largest absolute Gasteiger partial charge is 0.507 e. The second-order valence-electron chi connectivity index (χ2n) is 7.40. The summed E-state index contributed by atoms with van der Waals surface area (Å²) in [5, 5.41) is 10.2. The first-order valence-corrected chi connectivity index (χ1v) is 9.34. The van der Waals surface area contributed by atoms with Gasteiger partial charge < -0.3 is 19.5 Å². The maximum Gasteiger partial charge on any atom is 0.419 e. The number of carbonyl (C=O) groups excluding carboxylic acids is 1. The van der Waals surface area contributed by atoms with E-state index in [4.69, 9.17) is 9.47 Å². The molecule has 2 atom stereocenters. The Morgan fingerprint density at radius 3 is 2.60 bits per heavy atom. The van der Waals surface area contributed by atoms with Gasteiger partial charge in [0.05, 0.1) is 36.4 Å². The van der Waals surface area contributed by atoms with Crippen LogP contribution in [0.1, 0.15) is 18.9 Å². The van der Waals surface area contributed by atoms with Crippen LogP contribution in [0.5, 0.6) is 5.75 Å². The van der Waals surface area contributed by atoms with E-state index in [-0.39, 0.29) is 29.9 Å². The van der Waals surface area contributed by atoms with Crippen molar-refractivity contribution in [1.82, 2.24) is 4.98 Å². The van der Waals surface area contributed by atoms with Crippen LogP contribution in [-0.4, -0.2) is 49.5 Å². The Bertz CT molecular complexity index is 935. The molecule has 30 heavy (non-hydrogen) atoms. The van der Waals surface area contributed by atoms with Gasteiger partial charge in [0.2, 0.25) is 0 Å². The Hall–Kier alpha value is -2.81. The molecule has 9 heteroatoms. The third-order valence-corrected chi connectivity index (χ3v) is 5.61. The monoisotopic (exact) mass is 424 g/mol. The Balaban J connectivity index is 2.01. The number of pyridine rings is 1. The van der Waals surface area contributed by atoms with Gasteiger partial charge in [0.15, 0.2) is 0 Å². The number of hydrogen-bond donors (Lipinski definition) is 1. The lowest BCUT2D eigenvalue weighted by molar-refractivity contribution is -0.152. The van der Waals surface area contributed by atoms with Crippen molar-refractivity contribution < 1.29 is 32.5 Å². The van der Waals surface area contributed by atoms with Crippen LogP contribution in [0.15, 0.2) is 36.4 Å². The molecule has 1 aromatic heterocycles. The van der Waals surface area contributed by atoms with Gasteiger partial charge in [-0.3, -0.25) is 4.79 Å². The number of phenols is 1. The van der Waals surface area contributed by atoms with Crippen LogP contribution >= 0.6 is 0 Å². The number of methoxy groups -OCH3 is 2. The Morgan fingerprint density at radius 1 is 1.27 bits per heavy atom. The second kappa shape index (κ2) is 8.14. The first kappa shape index (κ1) is 21.9. The number of rotatable bonds is 5. The first-order valence-electron chi connectivity index (χ1n) is 9.34. The highest BCUT2D eigenvalue weighted by atomic mass is 19.4. The SMILES string of the molecule is COCC1N(c2cccc(-c3cccc(C(F)(F)F)c3O)n2)CC[C@@]1(C)C(=O)OC. The third kappa shape index (κ3) is 3.81. The summed E-state index contributed by atoms with van der Waals surface area (Å²) in [7, 11) is 2.86. The van der Waals surface area contributed by atoms with Gasteiger partial charge in [-0.25, -0.2) is 4.98 Å². The van der Waals surface area contributed by atoms with Crippen LogP contribution < -0.4 is 4.90 Å².